The second kappa shape index (κ2) is 7.11. The van der Waals surface area contributed by atoms with E-state index in [1.165, 1.54) is 0 Å². The highest BCUT2D eigenvalue weighted by Crippen LogP contribution is 2.17. The number of carboxylic acids is 1. The van der Waals surface area contributed by atoms with Crippen LogP contribution in [0.4, 0.5) is 0 Å². The molecule has 0 spiro atoms. The van der Waals surface area contributed by atoms with Gasteiger partial charge in [0.15, 0.2) is 0 Å². The van der Waals surface area contributed by atoms with Crippen molar-refractivity contribution >= 4 is 17.5 Å². The summed E-state index contributed by atoms with van der Waals surface area (Å²) >= 11 is 0. The van der Waals surface area contributed by atoms with Crippen molar-refractivity contribution in [1.29, 1.82) is 0 Å². The van der Waals surface area contributed by atoms with Gasteiger partial charge in [-0.15, -0.1) is 0 Å². The number of Topliss-reactive ketones (excluding diaryl/α,β-unsaturated/α-hetero) is 2. The highest BCUT2D eigenvalue weighted by Gasteiger charge is 2.23. The quantitative estimate of drug-likeness (QED) is 0.635. The smallest absolute Gasteiger partial charge is 0.303 e. The average Bonchev–Trinajstić information content (AvgIpc) is 2.22. The predicted molar refractivity (Wildman–Crippen MR) is 58.9 cm³/mol. The van der Waals surface area contributed by atoms with Crippen molar-refractivity contribution in [3.8, 4) is 0 Å². The lowest BCUT2D eigenvalue weighted by Gasteiger charge is -2.15. The summed E-state index contributed by atoms with van der Waals surface area (Å²) in [6.07, 6.45) is 0.167. The van der Waals surface area contributed by atoms with Crippen LogP contribution in [0.5, 0.6) is 0 Å². The maximum atomic E-state index is 11.7. The van der Waals surface area contributed by atoms with Crippen LogP contribution in [0.25, 0.3) is 0 Å². The summed E-state index contributed by atoms with van der Waals surface area (Å²) in [5.41, 5.74) is 5.18. The highest BCUT2D eigenvalue weighted by molar-refractivity contribution is 5.89. The third-order valence-corrected chi connectivity index (χ3v) is 2.38. The van der Waals surface area contributed by atoms with E-state index in [1.54, 1.807) is 13.8 Å². The number of carbonyl (C=O) groups is 3. The Labute approximate surface area is 95.0 Å². The van der Waals surface area contributed by atoms with Gasteiger partial charge in [-0.3, -0.25) is 14.4 Å². The lowest BCUT2D eigenvalue weighted by Crippen LogP contribution is -2.26. The summed E-state index contributed by atoms with van der Waals surface area (Å²) < 4.78 is 0. The molecule has 0 saturated heterocycles. The number of aliphatic carboxylic acids is 1. The third-order valence-electron chi connectivity index (χ3n) is 2.38. The van der Waals surface area contributed by atoms with Gasteiger partial charge >= 0.3 is 5.97 Å². The standard InChI is InChI=1S/C11H19NO4/c1-7(2)11(16)8(3-4-10(14)15)5-9(13)6-12/h7-8H,3-6,12H2,1-2H3,(H,14,15)/t8-/m1/s1. The molecule has 0 saturated carbocycles. The molecule has 0 aromatic rings. The van der Waals surface area contributed by atoms with E-state index < -0.39 is 11.9 Å². The Kier molecular flexibility index (Phi) is 6.56. The fourth-order valence-corrected chi connectivity index (χ4v) is 1.47. The van der Waals surface area contributed by atoms with E-state index in [2.05, 4.69) is 0 Å². The first-order valence-corrected chi connectivity index (χ1v) is 5.35. The molecule has 92 valence electrons. The van der Waals surface area contributed by atoms with Gasteiger partial charge in [0, 0.05) is 24.7 Å². The fraction of sp³-hybridized carbons (Fsp3) is 0.727. The normalized spacial score (nSPS) is 12.5. The summed E-state index contributed by atoms with van der Waals surface area (Å²) in [7, 11) is 0. The zero-order valence-electron chi connectivity index (χ0n) is 9.73. The van der Waals surface area contributed by atoms with E-state index in [0.717, 1.165) is 0 Å². The SMILES string of the molecule is CC(C)C(=O)[C@H](CCC(=O)O)CC(=O)CN. The first-order chi connectivity index (χ1) is 7.38. The molecular formula is C11H19NO4. The highest BCUT2D eigenvalue weighted by atomic mass is 16.4. The average molecular weight is 229 g/mol. The molecule has 0 aliphatic rings. The number of carboxylic acid groups (broad SMARTS) is 1. The fourth-order valence-electron chi connectivity index (χ4n) is 1.47. The number of nitrogens with two attached hydrogens (primary N) is 1. The number of rotatable bonds is 8. The molecule has 0 radical (unpaired) electrons. The summed E-state index contributed by atoms with van der Waals surface area (Å²) in [4.78, 5) is 33.3. The molecule has 0 heterocycles. The minimum Gasteiger partial charge on any atom is -0.481 e. The van der Waals surface area contributed by atoms with Gasteiger partial charge in [0.2, 0.25) is 0 Å². The van der Waals surface area contributed by atoms with Gasteiger partial charge in [-0.25, -0.2) is 0 Å². The maximum Gasteiger partial charge on any atom is 0.303 e. The molecule has 0 aromatic heterocycles. The molecule has 3 N–H and O–H groups in total. The van der Waals surface area contributed by atoms with Gasteiger partial charge in [0.05, 0.1) is 6.54 Å². The predicted octanol–water partition coefficient (Wildman–Crippen LogP) is 0.610. The van der Waals surface area contributed by atoms with Gasteiger partial charge in [0.25, 0.3) is 0 Å². The van der Waals surface area contributed by atoms with Gasteiger partial charge < -0.3 is 10.8 Å². The van der Waals surface area contributed by atoms with Gasteiger partial charge in [-0.05, 0) is 6.42 Å². The van der Waals surface area contributed by atoms with Gasteiger partial charge in [-0.2, -0.15) is 0 Å². The van der Waals surface area contributed by atoms with Crippen LogP contribution in [-0.4, -0.2) is 29.2 Å². The van der Waals surface area contributed by atoms with Crippen LogP contribution < -0.4 is 5.73 Å². The summed E-state index contributed by atoms with van der Waals surface area (Å²) in [5, 5.41) is 8.55. The second-order valence-corrected chi connectivity index (χ2v) is 4.13. The molecule has 0 rings (SSSR count). The van der Waals surface area contributed by atoms with Gasteiger partial charge in [0.1, 0.15) is 11.6 Å². The topological polar surface area (TPSA) is 97.5 Å². The van der Waals surface area contributed by atoms with Crippen LogP contribution in [0.1, 0.15) is 33.1 Å². The number of carbonyl (C=O) groups excluding carboxylic acids is 2. The van der Waals surface area contributed by atoms with E-state index >= 15 is 0 Å². The molecule has 0 aliphatic carbocycles. The van der Waals surface area contributed by atoms with Gasteiger partial charge in [-0.1, -0.05) is 13.8 Å². The first-order valence-electron chi connectivity index (χ1n) is 5.35. The van der Waals surface area contributed by atoms with Crippen molar-refractivity contribution in [2.24, 2.45) is 17.6 Å². The van der Waals surface area contributed by atoms with Crippen molar-refractivity contribution in [2.45, 2.75) is 33.1 Å². The number of ketones is 2. The largest absolute Gasteiger partial charge is 0.481 e. The summed E-state index contributed by atoms with van der Waals surface area (Å²) in [5.74, 6) is -1.93. The van der Waals surface area contributed by atoms with Crippen molar-refractivity contribution in [3.05, 3.63) is 0 Å². The molecule has 0 fully saturated rings. The molecule has 5 nitrogen and oxygen atoms in total. The summed E-state index contributed by atoms with van der Waals surface area (Å²) in [6, 6.07) is 0. The molecule has 1 atom stereocenters. The Morgan fingerprint density at radius 1 is 1.25 bits per heavy atom. The first kappa shape index (κ1) is 14.8. The number of hydrogen-bond donors (Lipinski definition) is 2. The maximum absolute atomic E-state index is 11.7. The van der Waals surface area contributed by atoms with Crippen LogP contribution in [0.15, 0.2) is 0 Å². The van der Waals surface area contributed by atoms with Crippen LogP contribution in [-0.2, 0) is 14.4 Å². The van der Waals surface area contributed by atoms with Crippen molar-refractivity contribution in [2.75, 3.05) is 6.54 Å². The van der Waals surface area contributed by atoms with Crippen molar-refractivity contribution in [1.82, 2.24) is 0 Å². The Morgan fingerprint density at radius 3 is 2.19 bits per heavy atom. The van der Waals surface area contributed by atoms with Crippen LogP contribution in [0.2, 0.25) is 0 Å². The lowest BCUT2D eigenvalue weighted by molar-refractivity contribution is -0.138. The zero-order valence-corrected chi connectivity index (χ0v) is 9.73. The van der Waals surface area contributed by atoms with E-state index in [4.69, 9.17) is 10.8 Å². The summed E-state index contributed by atoms with van der Waals surface area (Å²) in [6.45, 7) is 3.38. The van der Waals surface area contributed by atoms with E-state index in [0.29, 0.717) is 0 Å². The molecule has 5 heteroatoms. The molecule has 16 heavy (non-hydrogen) atoms. The Balaban J connectivity index is 4.43. The van der Waals surface area contributed by atoms with E-state index in [9.17, 15) is 14.4 Å². The third kappa shape index (κ3) is 5.60. The van der Waals surface area contributed by atoms with E-state index in [1.807, 2.05) is 0 Å². The Bertz CT molecular complexity index is 273. The minimum absolute atomic E-state index is 0.0563. The minimum atomic E-state index is -0.957. The molecule has 0 unspecified atom stereocenters. The Hall–Kier alpha value is -1.23. The zero-order chi connectivity index (χ0) is 12.7. The van der Waals surface area contributed by atoms with Crippen LogP contribution in [0, 0.1) is 11.8 Å². The molecule has 0 bridgehead atoms. The lowest BCUT2D eigenvalue weighted by atomic mass is 9.87. The molecule has 0 aromatic carbocycles. The Morgan fingerprint density at radius 2 is 1.81 bits per heavy atom. The number of hydrogen-bond acceptors (Lipinski definition) is 4. The van der Waals surface area contributed by atoms with Crippen molar-refractivity contribution in [3.63, 3.8) is 0 Å². The molecular weight excluding hydrogens is 210 g/mol. The monoisotopic (exact) mass is 229 g/mol. The van der Waals surface area contributed by atoms with Crippen LogP contribution in [0.3, 0.4) is 0 Å². The van der Waals surface area contributed by atoms with E-state index in [-0.39, 0.29) is 43.3 Å². The van der Waals surface area contributed by atoms with Crippen LogP contribution >= 0.6 is 0 Å². The molecule has 0 amide bonds. The molecule has 0 aliphatic heterocycles. The van der Waals surface area contributed by atoms with Crippen molar-refractivity contribution < 1.29 is 19.5 Å². The second-order valence-electron chi connectivity index (χ2n) is 4.13.